The fraction of sp³-hybridized carbons (Fsp3) is 0.176. The van der Waals surface area contributed by atoms with Crippen LogP contribution in [0.2, 0.25) is 5.02 Å². The number of aryl methyl sites for hydroxylation is 1. The van der Waals surface area contributed by atoms with Gasteiger partial charge in [-0.1, -0.05) is 29.8 Å². The number of nitrogens with zero attached hydrogens (tertiary/aromatic N) is 2. The summed E-state index contributed by atoms with van der Waals surface area (Å²) in [7, 11) is 1.68. The lowest BCUT2D eigenvalue weighted by molar-refractivity contribution is 0.389. The van der Waals surface area contributed by atoms with Crippen LogP contribution in [0.5, 0.6) is 5.75 Å². The molecule has 1 unspecified atom stereocenters. The van der Waals surface area contributed by atoms with E-state index >= 15 is 0 Å². The van der Waals surface area contributed by atoms with Crippen molar-refractivity contribution in [2.75, 3.05) is 0 Å². The highest BCUT2D eigenvalue weighted by Gasteiger charge is 2.34. The van der Waals surface area contributed by atoms with Crippen molar-refractivity contribution in [3.63, 3.8) is 0 Å². The van der Waals surface area contributed by atoms with Crippen LogP contribution in [-0.2, 0) is 7.05 Å². The molecule has 0 fully saturated rings. The Morgan fingerprint density at radius 3 is 2.74 bits per heavy atom. The zero-order valence-corrected chi connectivity index (χ0v) is 13.4. The number of fused-ring (bicyclic) bond motifs is 1. The average Bonchev–Trinajstić information content (AvgIpc) is 2.52. The molecule has 0 saturated carbocycles. The third kappa shape index (κ3) is 2.28. The maximum absolute atomic E-state index is 12.8. The summed E-state index contributed by atoms with van der Waals surface area (Å²) in [6.45, 7) is 1.80. The van der Waals surface area contributed by atoms with E-state index in [1.165, 1.54) is 4.57 Å². The van der Waals surface area contributed by atoms with Gasteiger partial charge < -0.3 is 15.0 Å². The third-order valence-electron chi connectivity index (χ3n) is 4.07. The second-order valence-corrected chi connectivity index (χ2v) is 5.78. The predicted octanol–water partition coefficient (Wildman–Crippen LogP) is 2.57. The summed E-state index contributed by atoms with van der Waals surface area (Å²) in [5.41, 5.74) is 7.62. The second-order valence-electron chi connectivity index (χ2n) is 5.37. The molecule has 2 N–H and O–H groups in total. The molecule has 1 aliphatic rings. The number of hydrogen-bond acceptors (Lipinski definition) is 4. The Kier molecular flexibility index (Phi) is 3.63. The smallest absolute Gasteiger partial charge is 0.258 e. The van der Waals surface area contributed by atoms with Gasteiger partial charge in [-0.25, -0.2) is 0 Å². The van der Waals surface area contributed by atoms with Crippen molar-refractivity contribution >= 4 is 11.6 Å². The molecule has 23 heavy (non-hydrogen) atoms. The maximum atomic E-state index is 12.8. The molecule has 0 saturated heterocycles. The van der Waals surface area contributed by atoms with Crippen LogP contribution in [0.3, 0.4) is 0 Å². The Hall–Kier alpha value is -2.71. The molecule has 2 aromatic rings. The lowest BCUT2D eigenvalue weighted by Crippen LogP contribution is -2.31. The van der Waals surface area contributed by atoms with E-state index in [4.69, 9.17) is 22.1 Å². The first-order valence-corrected chi connectivity index (χ1v) is 7.36. The predicted molar refractivity (Wildman–Crippen MR) is 87.2 cm³/mol. The van der Waals surface area contributed by atoms with Gasteiger partial charge in [0.25, 0.3) is 5.56 Å². The molecule has 2 heterocycles. The van der Waals surface area contributed by atoms with Crippen molar-refractivity contribution in [3.05, 3.63) is 74.0 Å². The van der Waals surface area contributed by atoms with Crippen LogP contribution < -0.4 is 16.0 Å². The van der Waals surface area contributed by atoms with Gasteiger partial charge in [0.15, 0.2) is 0 Å². The number of ether oxygens (including phenoxy) is 1. The molecule has 1 aromatic heterocycles. The third-order valence-corrected chi connectivity index (χ3v) is 4.41. The average molecular weight is 328 g/mol. The molecule has 0 bridgehead atoms. The van der Waals surface area contributed by atoms with Crippen molar-refractivity contribution in [2.45, 2.75) is 12.8 Å². The first-order valence-electron chi connectivity index (χ1n) is 6.98. The van der Waals surface area contributed by atoms with Gasteiger partial charge in [-0.2, -0.15) is 5.26 Å². The molecule has 0 aliphatic carbocycles. The van der Waals surface area contributed by atoms with Crippen molar-refractivity contribution in [3.8, 4) is 11.8 Å². The zero-order valence-electron chi connectivity index (χ0n) is 12.6. The van der Waals surface area contributed by atoms with Crippen LogP contribution in [0.1, 0.15) is 22.7 Å². The minimum Gasteiger partial charge on any atom is -0.440 e. The Labute approximate surface area is 138 Å². The van der Waals surface area contributed by atoms with Gasteiger partial charge in [-0.3, -0.25) is 4.79 Å². The van der Waals surface area contributed by atoms with Crippen LogP contribution in [-0.4, -0.2) is 4.57 Å². The second kappa shape index (κ2) is 5.49. The maximum Gasteiger partial charge on any atom is 0.258 e. The van der Waals surface area contributed by atoms with E-state index in [0.717, 1.165) is 5.69 Å². The molecule has 0 amide bonds. The summed E-state index contributed by atoms with van der Waals surface area (Å²) >= 11 is 6.29. The fourth-order valence-electron chi connectivity index (χ4n) is 2.76. The minimum atomic E-state index is -0.642. The monoisotopic (exact) mass is 327 g/mol. The van der Waals surface area contributed by atoms with Crippen LogP contribution in [0.4, 0.5) is 0 Å². The van der Waals surface area contributed by atoms with Gasteiger partial charge in [-0.05, 0) is 18.6 Å². The molecule has 6 heteroatoms. The van der Waals surface area contributed by atoms with E-state index in [0.29, 0.717) is 21.9 Å². The van der Waals surface area contributed by atoms with Crippen molar-refractivity contribution in [2.24, 2.45) is 12.8 Å². The first kappa shape index (κ1) is 15.2. The lowest BCUT2D eigenvalue weighted by atomic mass is 9.84. The number of benzene rings is 1. The normalized spacial score (nSPS) is 16.5. The molecule has 0 spiro atoms. The van der Waals surface area contributed by atoms with E-state index in [1.807, 2.05) is 0 Å². The fourth-order valence-corrected chi connectivity index (χ4v) is 3.01. The first-order chi connectivity index (χ1) is 11.0. The topological polar surface area (TPSA) is 81.0 Å². The molecular weight excluding hydrogens is 314 g/mol. The van der Waals surface area contributed by atoms with Crippen molar-refractivity contribution in [1.82, 2.24) is 4.57 Å². The van der Waals surface area contributed by atoms with Gasteiger partial charge >= 0.3 is 0 Å². The molecule has 1 aliphatic heterocycles. The number of nitriles is 1. The Morgan fingerprint density at radius 1 is 1.39 bits per heavy atom. The molecule has 1 aromatic carbocycles. The van der Waals surface area contributed by atoms with Gasteiger partial charge in [0.2, 0.25) is 5.88 Å². The summed E-state index contributed by atoms with van der Waals surface area (Å²) < 4.78 is 7.04. The van der Waals surface area contributed by atoms with Gasteiger partial charge in [-0.15, -0.1) is 0 Å². The minimum absolute atomic E-state index is 0.00225. The number of aromatic nitrogens is 1. The highest BCUT2D eigenvalue weighted by molar-refractivity contribution is 6.31. The number of rotatable bonds is 1. The standard InChI is InChI=1S/C17H14ClN3O2/c1-9-7-13-15(17(22)21(9)2)14(11(8-19)16(20)23-13)10-5-3-4-6-12(10)18/h3-7,14H,20H2,1-2H3. The number of nitrogens with two attached hydrogens (primary N) is 1. The molecule has 0 radical (unpaired) electrons. The SMILES string of the molecule is Cc1cc2c(c(=O)n1C)C(c1ccccc1Cl)C(C#N)=C(N)O2. The number of hydrogen-bond donors (Lipinski definition) is 1. The summed E-state index contributed by atoms with van der Waals surface area (Å²) in [6.07, 6.45) is 0. The summed E-state index contributed by atoms with van der Waals surface area (Å²) in [5, 5.41) is 9.97. The number of pyridine rings is 1. The zero-order chi connectivity index (χ0) is 16.7. The Bertz CT molecular complexity index is 938. The van der Waals surface area contributed by atoms with Gasteiger partial charge in [0, 0.05) is 23.8 Å². The number of allylic oxidation sites excluding steroid dienone is 1. The number of halogens is 1. The Balaban J connectivity index is 2.39. The summed E-state index contributed by atoms with van der Waals surface area (Å²) in [6, 6.07) is 10.9. The van der Waals surface area contributed by atoms with E-state index in [9.17, 15) is 10.1 Å². The van der Waals surface area contributed by atoms with E-state index < -0.39 is 5.92 Å². The summed E-state index contributed by atoms with van der Waals surface area (Å²) in [5.74, 6) is -0.277. The highest BCUT2D eigenvalue weighted by atomic mass is 35.5. The molecule has 1 atom stereocenters. The van der Waals surface area contributed by atoms with E-state index in [-0.39, 0.29) is 17.0 Å². The summed E-state index contributed by atoms with van der Waals surface area (Å²) in [4.78, 5) is 12.8. The lowest BCUT2D eigenvalue weighted by Gasteiger charge is -2.27. The highest BCUT2D eigenvalue weighted by Crippen LogP contribution is 2.42. The van der Waals surface area contributed by atoms with Crippen LogP contribution in [0.25, 0.3) is 0 Å². The van der Waals surface area contributed by atoms with Gasteiger partial charge in [0.05, 0.1) is 11.5 Å². The molecule has 3 rings (SSSR count). The van der Waals surface area contributed by atoms with Crippen molar-refractivity contribution < 1.29 is 4.74 Å². The molecule has 5 nitrogen and oxygen atoms in total. The largest absolute Gasteiger partial charge is 0.440 e. The quantitative estimate of drug-likeness (QED) is 0.872. The van der Waals surface area contributed by atoms with Crippen LogP contribution in [0, 0.1) is 18.3 Å². The molecule has 116 valence electrons. The Morgan fingerprint density at radius 2 is 2.09 bits per heavy atom. The molecular formula is C17H14ClN3O2. The van der Waals surface area contributed by atoms with E-state index in [1.54, 1.807) is 44.3 Å². The van der Waals surface area contributed by atoms with Crippen LogP contribution in [0.15, 0.2) is 46.6 Å². The van der Waals surface area contributed by atoms with Crippen molar-refractivity contribution in [1.29, 1.82) is 5.26 Å². The van der Waals surface area contributed by atoms with Gasteiger partial charge in [0.1, 0.15) is 17.4 Å². The van der Waals surface area contributed by atoms with Crippen LogP contribution >= 0.6 is 11.6 Å². The van der Waals surface area contributed by atoms with E-state index in [2.05, 4.69) is 6.07 Å².